The maximum atomic E-state index is 12.3. The molecule has 7 aromatic rings. The molecule has 2 heterocycles. The normalized spacial score (nSPS) is 11.9. The number of benzene rings is 5. The zero-order chi connectivity index (χ0) is 54.5. The predicted octanol–water partition coefficient (Wildman–Crippen LogP) is 14.4. The number of ether oxygens (including phenoxy) is 3. The molecule has 14 nitrogen and oxygen atoms in total. The van der Waals surface area contributed by atoms with E-state index >= 15 is 0 Å². The minimum absolute atomic E-state index is 0.0341. The van der Waals surface area contributed by atoms with Crippen molar-refractivity contribution in [1.82, 2.24) is 15.3 Å². The van der Waals surface area contributed by atoms with Crippen LogP contribution in [0.15, 0.2) is 169 Å². The van der Waals surface area contributed by atoms with E-state index in [1.165, 1.54) is 69.2 Å². The first-order valence-electron chi connectivity index (χ1n) is 23.1. The van der Waals surface area contributed by atoms with E-state index in [0.29, 0.717) is 9.47 Å². The number of hydrogen-bond acceptors (Lipinski definition) is 14. The molecule has 0 unspecified atom stereocenters. The van der Waals surface area contributed by atoms with Gasteiger partial charge < -0.3 is 36.7 Å². The third kappa shape index (κ3) is 33.9. The molecule has 0 saturated carbocycles. The standard InChI is InChI=1S/C23H27N3O2S.C18H24N2.C11H8N2O5S.5HI.2V/c24-20(13-18-7-3-1-4-8-18)11-12-21(14-19-9-5-2-6-10-19)26-23(27)28-16-22-15-25-17-29-22;19-17(13-15-7-3-1-4-8-15)11-12-18(20)14-16-9-5-2-6-10-16;14-11(17-6-10-5-12-7-19-10)18-9-3-1-8(2-4-9)13(15)16;;;;;;;/h1-10,15,17,20-21H,11-14,16,24H2,(H,26,27);1-10,17-18H,11-14,19-20H2;1-5,7H,6H2;5*1H;;/q;;;;;;;;+2;+3/p-5/t20-,21-;17-,18-;;;;;;;;/m11......../s1. The van der Waals surface area contributed by atoms with Gasteiger partial charge in [-0.1, -0.05) is 121 Å². The van der Waals surface area contributed by atoms with Crippen molar-refractivity contribution in [3.05, 3.63) is 211 Å². The second kappa shape index (κ2) is 42.0. The number of hydrogen-bond donors (Lipinski definition) is 4. The molecule has 0 bridgehead atoms. The van der Waals surface area contributed by atoms with Gasteiger partial charge in [0.2, 0.25) is 0 Å². The molecule has 0 radical (unpaired) electrons. The number of aromatic nitrogens is 2. The van der Waals surface area contributed by atoms with Crippen molar-refractivity contribution >= 4 is 141 Å². The van der Waals surface area contributed by atoms with E-state index in [4.69, 9.17) is 31.4 Å². The number of non-ortho nitro benzene ring substituents is 1. The van der Waals surface area contributed by atoms with E-state index in [9.17, 15) is 19.7 Å². The summed E-state index contributed by atoms with van der Waals surface area (Å²) in [5, 5.41) is 13.5. The van der Waals surface area contributed by atoms with E-state index in [-0.39, 0.29) is 53.7 Å². The van der Waals surface area contributed by atoms with Crippen LogP contribution in [0.1, 0.15) is 57.7 Å². The fourth-order valence-electron chi connectivity index (χ4n) is 6.89. The fourth-order valence-corrected chi connectivity index (χ4v) is 7.90. The van der Waals surface area contributed by atoms with E-state index in [1.54, 1.807) is 23.4 Å². The van der Waals surface area contributed by atoms with Gasteiger partial charge in [-0.05, 0) is 85.8 Å². The number of nitrogens with one attached hydrogen (secondary N) is 1. The first-order valence-corrected chi connectivity index (χ1v) is 47.4. The molecule has 75 heavy (non-hydrogen) atoms. The van der Waals surface area contributed by atoms with Crippen molar-refractivity contribution in [3.63, 3.8) is 0 Å². The summed E-state index contributed by atoms with van der Waals surface area (Å²) in [6.45, 7) is 0.318. The van der Waals surface area contributed by atoms with Gasteiger partial charge in [-0.3, -0.25) is 20.1 Å². The SMILES string of the molecule is N[C@H](CC[C@@H](N)Cc1ccccc1)Cc1ccccc1.N[C@H](CC[C@H](Cc1ccccc1)NC(=O)OCc1cncs1)Cc1ccccc1.O=C(OCc1cncs1)Oc1ccc([N+](=O)[O-])cc1.[I][V]([I])[I].[I][V][I]. The summed E-state index contributed by atoms with van der Waals surface area (Å²) in [6, 6.07) is 46.8. The average Bonchev–Trinajstić information content (AvgIpc) is 4.14. The van der Waals surface area contributed by atoms with Crippen molar-refractivity contribution in [2.24, 2.45) is 17.2 Å². The zero-order valence-corrected chi connectivity index (χ0v) is 55.8. The number of rotatable bonds is 21. The molecule has 0 spiro atoms. The van der Waals surface area contributed by atoms with Crippen LogP contribution in [0.3, 0.4) is 0 Å². The monoisotopic (exact) mass is 1690 g/mol. The molecule has 4 atom stereocenters. The van der Waals surface area contributed by atoms with Gasteiger partial charge in [-0.15, -0.1) is 22.7 Å². The van der Waals surface area contributed by atoms with Gasteiger partial charge in [0.15, 0.2) is 0 Å². The topological polar surface area (TPSA) is 221 Å². The Kier molecular flexibility index (Phi) is 37.6. The van der Waals surface area contributed by atoms with Gasteiger partial charge in [0, 0.05) is 48.7 Å². The van der Waals surface area contributed by atoms with E-state index < -0.39 is 17.2 Å². The van der Waals surface area contributed by atoms with Crippen LogP contribution in [-0.2, 0) is 62.8 Å². The molecule has 1 amide bonds. The quantitative estimate of drug-likeness (QED) is 0.0174. The Morgan fingerprint density at radius 2 is 0.960 bits per heavy atom. The van der Waals surface area contributed by atoms with Gasteiger partial charge in [0.05, 0.1) is 25.7 Å². The first-order chi connectivity index (χ1) is 36.2. The third-order valence-corrected chi connectivity index (χ3v) is 11.9. The fraction of sp³-hybridized carbons (Fsp3) is 0.269. The maximum absolute atomic E-state index is 12.3. The van der Waals surface area contributed by atoms with Crippen LogP contribution >= 0.6 is 123 Å². The molecule has 0 aliphatic carbocycles. The molecule has 0 saturated heterocycles. The molecule has 0 aliphatic heterocycles. The first kappa shape index (κ1) is 67.3. The van der Waals surface area contributed by atoms with E-state index in [0.717, 1.165) is 61.1 Å². The molecule has 0 fully saturated rings. The van der Waals surface area contributed by atoms with Gasteiger partial charge in [0.1, 0.15) is 19.0 Å². The number of thiazole rings is 2. The molecule has 5 aromatic carbocycles. The number of nitrogens with two attached hydrogens (primary N) is 3. The number of nitro benzene ring substituents is 1. The zero-order valence-electron chi connectivity index (χ0n) is 40.6. The third-order valence-electron chi connectivity index (χ3n) is 10.4. The Bertz CT molecular complexity index is 2500. The van der Waals surface area contributed by atoms with Crippen LogP contribution in [-0.4, -0.2) is 51.3 Å². The number of carbonyl (C=O) groups excluding carboxylic acids is 2. The number of nitro groups is 1. The van der Waals surface area contributed by atoms with E-state index in [1.807, 2.05) is 48.5 Å². The van der Waals surface area contributed by atoms with Crippen molar-refractivity contribution in [2.45, 2.75) is 88.7 Å². The molecular weight excluding hydrogens is 1640 g/mol. The summed E-state index contributed by atoms with van der Waals surface area (Å²) in [6.07, 6.45) is 9.01. The summed E-state index contributed by atoms with van der Waals surface area (Å²) in [5.41, 5.74) is 27.0. The molecule has 0 aliphatic rings. The average molecular weight is 1690 g/mol. The van der Waals surface area contributed by atoms with Gasteiger partial charge in [0.25, 0.3) is 5.69 Å². The minimum atomic E-state index is -0.873. The number of alkyl carbamates (subject to hydrolysis) is 1. The number of nitrogens with zero attached hydrogens (tertiary/aromatic N) is 3. The van der Waals surface area contributed by atoms with Crippen LogP contribution in [0, 0.1) is 10.1 Å². The van der Waals surface area contributed by atoms with Crippen LogP contribution in [0.2, 0.25) is 0 Å². The molecule has 401 valence electrons. The molecule has 7 rings (SSSR count). The second-order valence-corrected chi connectivity index (χ2v) is 65.3. The van der Waals surface area contributed by atoms with Crippen LogP contribution in [0.25, 0.3) is 0 Å². The number of carbonyl (C=O) groups is 2. The molecule has 23 heteroatoms. The summed E-state index contributed by atoms with van der Waals surface area (Å²) in [7, 11) is 0.628. The Balaban J connectivity index is 0.000000285. The summed E-state index contributed by atoms with van der Waals surface area (Å²) >= 11 is 15.0. The summed E-state index contributed by atoms with van der Waals surface area (Å²) in [4.78, 5) is 42.8. The van der Waals surface area contributed by atoms with Crippen LogP contribution < -0.4 is 27.3 Å². The van der Waals surface area contributed by atoms with Crippen LogP contribution in [0.4, 0.5) is 15.3 Å². The van der Waals surface area contributed by atoms with Crippen molar-refractivity contribution in [2.75, 3.05) is 0 Å². The second-order valence-electron chi connectivity index (χ2n) is 16.2. The van der Waals surface area contributed by atoms with Crippen LogP contribution in [0.5, 0.6) is 5.75 Å². The van der Waals surface area contributed by atoms with Gasteiger partial charge in [-0.2, -0.15) is 0 Å². The Labute approximate surface area is 514 Å². The Morgan fingerprint density at radius 1 is 0.600 bits per heavy atom. The Hall–Kier alpha value is -2.00. The Morgan fingerprint density at radius 3 is 1.32 bits per heavy atom. The summed E-state index contributed by atoms with van der Waals surface area (Å²) in [5.74, 6) is 0.180. The van der Waals surface area contributed by atoms with Gasteiger partial charge >= 0.3 is 127 Å². The van der Waals surface area contributed by atoms with Gasteiger partial charge in [-0.25, -0.2) is 9.59 Å². The molecule has 2 aromatic heterocycles. The van der Waals surface area contributed by atoms with E-state index in [2.05, 4.69) is 188 Å². The molecule has 7 N–H and O–H groups in total. The number of halogens is 5. The van der Waals surface area contributed by atoms with Crippen molar-refractivity contribution < 1.29 is 43.1 Å². The predicted molar refractivity (Wildman–Crippen MR) is 338 cm³/mol. The summed E-state index contributed by atoms with van der Waals surface area (Å²) < 4.78 is 15.0. The van der Waals surface area contributed by atoms with Crippen molar-refractivity contribution in [3.8, 4) is 5.75 Å². The number of amides is 1. The molecular formula is C52H59I5N7O7S2V2. The van der Waals surface area contributed by atoms with Crippen molar-refractivity contribution in [1.29, 1.82) is 0 Å².